The van der Waals surface area contributed by atoms with Crippen LogP contribution in [-0.4, -0.2) is 9.78 Å². The summed E-state index contributed by atoms with van der Waals surface area (Å²) in [6.45, 7) is 0.302. The predicted molar refractivity (Wildman–Crippen MR) is 81.0 cm³/mol. The maximum atomic E-state index is 12.4. The van der Waals surface area contributed by atoms with Gasteiger partial charge in [0.05, 0.1) is 18.1 Å². The number of fused-ring (bicyclic) bond motifs is 1. The largest absolute Gasteiger partial charge is 0.398 e. The smallest absolute Gasteiger partial charge is 0.274 e. The van der Waals surface area contributed by atoms with Gasteiger partial charge in [0, 0.05) is 16.1 Å². The van der Waals surface area contributed by atoms with E-state index in [-0.39, 0.29) is 5.56 Å². The highest BCUT2D eigenvalue weighted by atomic mass is 35.5. The summed E-state index contributed by atoms with van der Waals surface area (Å²) in [6, 6.07) is 12.6. The molecule has 1 aromatic heterocycles. The molecule has 0 spiro atoms. The van der Waals surface area contributed by atoms with Crippen molar-refractivity contribution in [3.8, 4) is 0 Å². The maximum Gasteiger partial charge on any atom is 0.274 e. The van der Waals surface area contributed by atoms with E-state index in [1.54, 1.807) is 30.5 Å². The molecule has 1 heterocycles. The fourth-order valence-corrected chi connectivity index (χ4v) is 2.31. The molecule has 0 bridgehead atoms. The number of halogens is 1. The van der Waals surface area contributed by atoms with Crippen molar-refractivity contribution in [1.29, 1.82) is 0 Å². The number of benzene rings is 2. The molecule has 0 aliphatic heterocycles. The summed E-state index contributed by atoms with van der Waals surface area (Å²) in [6.07, 6.45) is 1.68. The molecule has 0 radical (unpaired) electrons. The number of nitrogens with two attached hydrogens (primary N) is 1. The number of hydrogen-bond donors (Lipinski definition) is 1. The van der Waals surface area contributed by atoms with Crippen LogP contribution in [0.3, 0.4) is 0 Å². The molecule has 0 amide bonds. The van der Waals surface area contributed by atoms with Gasteiger partial charge in [-0.1, -0.05) is 29.8 Å². The van der Waals surface area contributed by atoms with Crippen LogP contribution in [-0.2, 0) is 6.54 Å². The Morgan fingerprint density at radius 3 is 2.85 bits per heavy atom. The van der Waals surface area contributed by atoms with E-state index >= 15 is 0 Å². The van der Waals surface area contributed by atoms with Crippen LogP contribution < -0.4 is 11.3 Å². The molecule has 4 nitrogen and oxygen atoms in total. The minimum absolute atomic E-state index is 0.137. The van der Waals surface area contributed by atoms with Crippen molar-refractivity contribution in [1.82, 2.24) is 9.78 Å². The Bertz CT molecular complexity index is 842. The van der Waals surface area contributed by atoms with Crippen molar-refractivity contribution in [2.45, 2.75) is 6.54 Å². The molecule has 0 atom stereocenters. The Labute approximate surface area is 120 Å². The normalized spacial score (nSPS) is 10.8. The van der Waals surface area contributed by atoms with Gasteiger partial charge < -0.3 is 5.73 Å². The van der Waals surface area contributed by atoms with Crippen LogP contribution in [0.2, 0.25) is 5.02 Å². The van der Waals surface area contributed by atoms with E-state index in [4.69, 9.17) is 17.3 Å². The van der Waals surface area contributed by atoms with E-state index in [1.165, 1.54) is 4.68 Å². The first-order valence-electron chi connectivity index (χ1n) is 6.14. The van der Waals surface area contributed by atoms with Crippen molar-refractivity contribution < 1.29 is 0 Å². The second-order valence-electron chi connectivity index (χ2n) is 4.54. The number of aromatic nitrogens is 2. The van der Waals surface area contributed by atoms with Gasteiger partial charge in [-0.25, -0.2) is 4.68 Å². The summed E-state index contributed by atoms with van der Waals surface area (Å²) in [5.74, 6) is 0. The van der Waals surface area contributed by atoms with Crippen LogP contribution >= 0.6 is 11.6 Å². The number of nitrogen functional groups attached to an aromatic ring is 1. The zero-order chi connectivity index (χ0) is 14.1. The van der Waals surface area contributed by atoms with E-state index in [9.17, 15) is 4.79 Å². The highest BCUT2D eigenvalue weighted by Gasteiger charge is 2.06. The molecule has 0 fully saturated rings. The summed E-state index contributed by atoms with van der Waals surface area (Å²) >= 11 is 5.95. The van der Waals surface area contributed by atoms with Crippen molar-refractivity contribution in [3.05, 3.63) is 69.6 Å². The van der Waals surface area contributed by atoms with Crippen LogP contribution in [0.25, 0.3) is 10.8 Å². The Morgan fingerprint density at radius 2 is 2.00 bits per heavy atom. The summed E-state index contributed by atoms with van der Waals surface area (Å²) in [7, 11) is 0. The minimum atomic E-state index is -0.137. The minimum Gasteiger partial charge on any atom is -0.398 e. The Balaban J connectivity index is 2.09. The molecule has 3 aromatic rings. The molecule has 0 unspecified atom stereocenters. The van der Waals surface area contributed by atoms with E-state index in [2.05, 4.69) is 5.10 Å². The van der Waals surface area contributed by atoms with Crippen molar-refractivity contribution in [2.24, 2.45) is 0 Å². The first kappa shape index (κ1) is 12.7. The lowest BCUT2D eigenvalue weighted by molar-refractivity contribution is 0.648. The van der Waals surface area contributed by atoms with Crippen LogP contribution in [0.1, 0.15) is 5.56 Å². The van der Waals surface area contributed by atoms with Gasteiger partial charge in [0.15, 0.2) is 0 Å². The Hall–Kier alpha value is -2.33. The average molecular weight is 286 g/mol. The second-order valence-corrected chi connectivity index (χ2v) is 4.97. The first-order valence-corrected chi connectivity index (χ1v) is 6.52. The van der Waals surface area contributed by atoms with Gasteiger partial charge in [0.25, 0.3) is 5.56 Å². The SMILES string of the molecule is Nc1ccc(Cl)cc1Cn1ncc2ccccc2c1=O. The Morgan fingerprint density at radius 1 is 1.20 bits per heavy atom. The lowest BCUT2D eigenvalue weighted by Crippen LogP contribution is -2.23. The van der Waals surface area contributed by atoms with Crippen molar-refractivity contribution in [3.63, 3.8) is 0 Å². The molecule has 0 saturated heterocycles. The number of rotatable bonds is 2. The van der Waals surface area contributed by atoms with Gasteiger partial charge in [-0.3, -0.25) is 4.79 Å². The molecule has 5 heteroatoms. The fraction of sp³-hybridized carbons (Fsp3) is 0.0667. The quantitative estimate of drug-likeness (QED) is 0.737. The van der Waals surface area contributed by atoms with Crippen molar-refractivity contribution >= 4 is 28.1 Å². The van der Waals surface area contributed by atoms with Gasteiger partial charge in [-0.05, 0) is 29.8 Å². The predicted octanol–water partition coefficient (Wildman–Crippen LogP) is 2.68. The van der Waals surface area contributed by atoms with Gasteiger partial charge in [-0.15, -0.1) is 0 Å². The molecule has 0 saturated carbocycles. The highest BCUT2D eigenvalue weighted by Crippen LogP contribution is 2.18. The van der Waals surface area contributed by atoms with Crippen LogP contribution in [0.5, 0.6) is 0 Å². The van der Waals surface area contributed by atoms with Crippen LogP contribution in [0.4, 0.5) is 5.69 Å². The van der Waals surface area contributed by atoms with E-state index in [0.717, 1.165) is 10.9 Å². The molecular weight excluding hydrogens is 274 g/mol. The van der Waals surface area contributed by atoms with E-state index in [1.807, 2.05) is 18.2 Å². The van der Waals surface area contributed by atoms with E-state index < -0.39 is 0 Å². The fourth-order valence-electron chi connectivity index (χ4n) is 2.11. The van der Waals surface area contributed by atoms with Gasteiger partial charge in [-0.2, -0.15) is 5.10 Å². The number of nitrogens with zero attached hydrogens (tertiary/aromatic N) is 2. The summed E-state index contributed by atoms with van der Waals surface area (Å²) in [4.78, 5) is 12.4. The molecule has 100 valence electrons. The van der Waals surface area contributed by atoms with Crippen LogP contribution in [0, 0.1) is 0 Å². The molecule has 0 aliphatic rings. The second kappa shape index (κ2) is 4.98. The number of hydrogen-bond acceptors (Lipinski definition) is 3. The van der Waals surface area contributed by atoms with Gasteiger partial charge in [0.2, 0.25) is 0 Å². The molecule has 3 rings (SSSR count). The third-order valence-electron chi connectivity index (χ3n) is 3.19. The van der Waals surface area contributed by atoms with E-state index in [0.29, 0.717) is 22.6 Å². The third kappa shape index (κ3) is 2.26. The molecule has 0 aliphatic carbocycles. The topological polar surface area (TPSA) is 60.9 Å². The zero-order valence-corrected chi connectivity index (χ0v) is 11.3. The summed E-state index contributed by atoms with van der Waals surface area (Å²) < 4.78 is 1.39. The molecule has 2 aromatic carbocycles. The molecule has 2 N–H and O–H groups in total. The number of anilines is 1. The highest BCUT2D eigenvalue weighted by molar-refractivity contribution is 6.30. The van der Waals surface area contributed by atoms with Gasteiger partial charge >= 0.3 is 0 Å². The lowest BCUT2D eigenvalue weighted by Gasteiger charge is -2.08. The van der Waals surface area contributed by atoms with Gasteiger partial charge in [0.1, 0.15) is 0 Å². The standard InChI is InChI=1S/C15H12ClN3O/c16-12-5-6-14(17)11(7-12)9-19-15(20)13-4-2-1-3-10(13)8-18-19/h1-8H,9,17H2. The maximum absolute atomic E-state index is 12.4. The lowest BCUT2D eigenvalue weighted by atomic mass is 10.1. The zero-order valence-electron chi connectivity index (χ0n) is 10.6. The molecular formula is C15H12ClN3O. The summed E-state index contributed by atoms with van der Waals surface area (Å²) in [5, 5.41) is 6.23. The first-order chi connectivity index (χ1) is 9.65. The average Bonchev–Trinajstić information content (AvgIpc) is 2.46. The summed E-state index contributed by atoms with van der Waals surface area (Å²) in [5.41, 5.74) is 7.14. The van der Waals surface area contributed by atoms with Crippen molar-refractivity contribution in [2.75, 3.05) is 5.73 Å². The Kier molecular flexibility index (Phi) is 3.16. The molecule has 20 heavy (non-hydrogen) atoms. The monoisotopic (exact) mass is 285 g/mol. The third-order valence-corrected chi connectivity index (χ3v) is 3.42. The van der Waals surface area contributed by atoms with Crippen LogP contribution in [0.15, 0.2) is 53.5 Å².